The summed E-state index contributed by atoms with van der Waals surface area (Å²) in [6, 6.07) is 6.85. The predicted molar refractivity (Wildman–Crippen MR) is 98.5 cm³/mol. The molecule has 0 radical (unpaired) electrons. The van der Waals surface area contributed by atoms with Crippen LogP contribution in [0, 0.1) is 0 Å². The Morgan fingerprint density at radius 1 is 1.27 bits per heavy atom. The topological polar surface area (TPSA) is 69.0 Å². The van der Waals surface area contributed by atoms with Crippen molar-refractivity contribution < 1.29 is 18.7 Å². The summed E-state index contributed by atoms with van der Waals surface area (Å²) in [4.78, 5) is 26.2. The van der Waals surface area contributed by atoms with Crippen LogP contribution in [0.2, 0.25) is 0 Å². The molecule has 0 bridgehead atoms. The van der Waals surface area contributed by atoms with Gasteiger partial charge in [-0.15, -0.1) is 0 Å². The standard InChI is InChI=1S/C20H25NO5/c1-5-15-8-19(22)26-18-9-16(6-7-17(15)18)25-14(4)20(23)21-10-12(2)24-13(3)11-21/h6-9,12-14H,5,10-11H2,1-4H3/t12-,13+,14?. The molecule has 2 aromatic rings. The van der Waals surface area contributed by atoms with Crippen molar-refractivity contribution in [2.75, 3.05) is 13.1 Å². The number of aryl methyl sites for hydroxylation is 1. The smallest absolute Gasteiger partial charge is 0.336 e. The Balaban J connectivity index is 1.77. The number of fused-ring (bicyclic) bond motifs is 1. The molecule has 1 unspecified atom stereocenters. The third-order valence-electron chi connectivity index (χ3n) is 4.57. The van der Waals surface area contributed by atoms with Gasteiger partial charge < -0.3 is 18.8 Å². The van der Waals surface area contributed by atoms with Crippen molar-refractivity contribution in [3.05, 3.63) is 40.2 Å². The van der Waals surface area contributed by atoms with E-state index in [1.165, 1.54) is 6.07 Å². The van der Waals surface area contributed by atoms with Crippen LogP contribution in [0.1, 0.15) is 33.3 Å². The van der Waals surface area contributed by atoms with Crippen molar-refractivity contribution in [1.82, 2.24) is 4.90 Å². The molecule has 6 heteroatoms. The number of carbonyl (C=O) groups is 1. The lowest BCUT2D eigenvalue weighted by atomic mass is 10.1. The summed E-state index contributed by atoms with van der Waals surface area (Å²) in [7, 11) is 0. The van der Waals surface area contributed by atoms with Crippen LogP contribution in [0.25, 0.3) is 11.0 Å². The van der Waals surface area contributed by atoms with Gasteiger partial charge in [0.1, 0.15) is 11.3 Å². The van der Waals surface area contributed by atoms with Gasteiger partial charge in [0.05, 0.1) is 12.2 Å². The summed E-state index contributed by atoms with van der Waals surface area (Å²) >= 11 is 0. The molecule has 3 atom stereocenters. The molecular formula is C20H25NO5. The summed E-state index contributed by atoms with van der Waals surface area (Å²) in [6.07, 6.45) is 0.130. The number of nitrogens with zero attached hydrogens (tertiary/aromatic N) is 1. The predicted octanol–water partition coefficient (Wildman–Crippen LogP) is 2.76. The number of benzene rings is 1. The van der Waals surface area contributed by atoms with Crippen LogP contribution in [-0.2, 0) is 16.0 Å². The molecule has 3 rings (SSSR count). The molecule has 1 aliphatic rings. The lowest BCUT2D eigenvalue weighted by Crippen LogP contribution is -2.51. The summed E-state index contributed by atoms with van der Waals surface area (Å²) in [5.74, 6) is 0.431. The Bertz CT molecular complexity index is 849. The second-order valence-electron chi connectivity index (χ2n) is 6.86. The van der Waals surface area contributed by atoms with Crippen molar-refractivity contribution in [2.24, 2.45) is 0 Å². The number of amides is 1. The Morgan fingerprint density at radius 2 is 1.96 bits per heavy atom. The van der Waals surface area contributed by atoms with E-state index < -0.39 is 6.10 Å². The van der Waals surface area contributed by atoms with Crippen LogP contribution in [-0.4, -0.2) is 42.2 Å². The van der Waals surface area contributed by atoms with E-state index in [-0.39, 0.29) is 23.7 Å². The van der Waals surface area contributed by atoms with Crippen molar-refractivity contribution in [2.45, 2.75) is 52.4 Å². The van der Waals surface area contributed by atoms with Crippen LogP contribution < -0.4 is 10.4 Å². The largest absolute Gasteiger partial charge is 0.481 e. The molecular weight excluding hydrogens is 334 g/mol. The summed E-state index contributed by atoms with van der Waals surface area (Å²) in [5, 5.41) is 0.884. The van der Waals surface area contributed by atoms with E-state index in [0.29, 0.717) is 24.4 Å². The van der Waals surface area contributed by atoms with Crippen LogP contribution in [0.3, 0.4) is 0 Å². The number of carbonyl (C=O) groups excluding carboxylic acids is 1. The molecule has 1 amide bonds. The van der Waals surface area contributed by atoms with Gasteiger partial charge >= 0.3 is 5.63 Å². The molecule has 1 aliphatic heterocycles. The van der Waals surface area contributed by atoms with E-state index in [9.17, 15) is 9.59 Å². The number of hydrogen-bond donors (Lipinski definition) is 0. The molecule has 1 aromatic heterocycles. The highest BCUT2D eigenvalue weighted by Gasteiger charge is 2.29. The minimum atomic E-state index is -0.633. The number of ether oxygens (including phenoxy) is 2. The number of rotatable bonds is 4. The first-order chi connectivity index (χ1) is 12.4. The maximum atomic E-state index is 12.7. The fraction of sp³-hybridized carbons (Fsp3) is 0.500. The molecule has 26 heavy (non-hydrogen) atoms. The van der Waals surface area contributed by atoms with Gasteiger partial charge in [0.25, 0.3) is 5.91 Å². The Kier molecular flexibility index (Phi) is 5.32. The van der Waals surface area contributed by atoms with Crippen LogP contribution in [0.4, 0.5) is 0 Å². The first-order valence-corrected chi connectivity index (χ1v) is 9.05. The van der Waals surface area contributed by atoms with Gasteiger partial charge in [-0.3, -0.25) is 4.79 Å². The van der Waals surface area contributed by atoms with Gasteiger partial charge in [-0.25, -0.2) is 4.79 Å². The van der Waals surface area contributed by atoms with E-state index in [2.05, 4.69) is 0 Å². The molecule has 1 fully saturated rings. The lowest BCUT2D eigenvalue weighted by Gasteiger charge is -2.36. The van der Waals surface area contributed by atoms with E-state index in [4.69, 9.17) is 13.9 Å². The van der Waals surface area contributed by atoms with Crippen molar-refractivity contribution in [1.29, 1.82) is 0 Å². The molecule has 0 N–H and O–H groups in total. The minimum Gasteiger partial charge on any atom is -0.481 e. The molecule has 0 spiro atoms. The molecule has 6 nitrogen and oxygen atoms in total. The van der Waals surface area contributed by atoms with Crippen LogP contribution in [0.15, 0.2) is 33.5 Å². The first kappa shape index (κ1) is 18.5. The Morgan fingerprint density at radius 3 is 2.62 bits per heavy atom. The fourth-order valence-electron chi connectivity index (χ4n) is 3.45. The molecule has 1 aromatic carbocycles. The maximum absolute atomic E-state index is 12.7. The molecule has 0 saturated carbocycles. The van der Waals surface area contributed by atoms with Gasteiger partial charge in [0, 0.05) is 30.6 Å². The highest BCUT2D eigenvalue weighted by Crippen LogP contribution is 2.24. The van der Waals surface area contributed by atoms with Gasteiger partial charge in [-0.2, -0.15) is 0 Å². The fourth-order valence-corrected chi connectivity index (χ4v) is 3.45. The van der Waals surface area contributed by atoms with Gasteiger partial charge in [0.2, 0.25) is 0 Å². The Labute approximate surface area is 152 Å². The van der Waals surface area contributed by atoms with Crippen LogP contribution >= 0.6 is 0 Å². The van der Waals surface area contributed by atoms with E-state index in [1.54, 1.807) is 24.0 Å². The highest BCUT2D eigenvalue weighted by atomic mass is 16.5. The number of hydrogen-bond acceptors (Lipinski definition) is 5. The van der Waals surface area contributed by atoms with Gasteiger partial charge in [-0.05, 0) is 44.9 Å². The monoisotopic (exact) mass is 359 g/mol. The third-order valence-corrected chi connectivity index (χ3v) is 4.57. The summed E-state index contributed by atoms with van der Waals surface area (Å²) in [6.45, 7) is 8.75. The molecule has 1 saturated heterocycles. The normalized spacial score (nSPS) is 21.6. The third kappa shape index (κ3) is 3.90. The molecule has 2 heterocycles. The average Bonchev–Trinajstić information content (AvgIpc) is 2.59. The zero-order chi connectivity index (χ0) is 18.8. The maximum Gasteiger partial charge on any atom is 0.336 e. The van der Waals surface area contributed by atoms with Crippen LogP contribution in [0.5, 0.6) is 5.75 Å². The van der Waals surface area contributed by atoms with Crippen molar-refractivity contribution in [3.8, 4) is 5.75 Å². The Hall–Kier alpha value is -2.34. The summed E-state index contributed by atoms with van der Waals surface area (Å²) < 4.78 is 16.8. The van der Waals surface area contributed by atoms with Gasteiger partial charge in [-0.1, -0.05) is 6.92 Å². The second-order valence-corrected chi connectivity index (χ2v) is 6.86. The van der Waals surface area contributed by atoms with E-state index in [0.717, 1.165) is 17.4 Å². The molecule has 0 aliphatic carbocycles. The summed E-state index contributed by atoms with van der Waals surface area (Å²) in [5.41, 5.74) is 1.02. The molecule has 140 valence electrons. The zero-order valence-electron chi connectivity index (χ0n) is 15.7. The highest BCUT2D eigenvalue weighted by molar-refractivity contribution is 5.83. The van der Waals surface area contributed by atoms with E-state index >= 15 is 0 Å². The zero-order valence-corrected chi connectivity index (χ0v) is 15.7. The SMILES string of the molecule is CCc1cc(=O)oc2cc(OC(C)C(=O)N3C[C@@H](C)O[C@@H](C)C3)ccc12. The number of morpholine rings is 1. The quantitative estimate of drug-likeness (QED) is 0.785. The van der Waals surface area contributed by atoms with E-state index in [1.807, 2.05) is 26.8 Å². The van der Waals surface area contributed by atoms with Crippen molar-refractivity contribution in [3.63, 3.8) is 0 Å². The van der Waals surface area contributed by atoms with Crippen molar-refractivity contribution >= 4 is 16.9 Å². The second kappa shape index (κ2) is 7.50. The lowest BCUT2D eigenvalue weighted by molar-refractivity contribution is -0.149. The minimum absolute atomic E-state index is 0.0114. The first-order valence-electron chi connectivity index (χ1n) is 9.05. The average molecular weight is 359 g/mol. The van der Waals surface area contributed by atoms with Gasteiger partial charge in [0.15, 0.2) is 6.10 Å².